The number of benzene rings is 8. The highest BCUT2D eigenvalue weighted by atomic mass is 15.0. The molecule has 0 saturated carbocycles. The normalized spacial score (nSPS) is 12.7. The van der Waals surface area contributed by atoms with E-state index < -0.39 is 0 Å². The van der Waals surface area contributed by atoms with Crippen molar-refractivity contribution >= 4 is 86.4 Å². The molecule has 2 aromatic heterocycles. The maximum atomic E-state index is 2.62. The Hall–Kier alpha value is -6.64. The summed E-state index contributed by atoms with van der Waals surface area (Å²) in [7, 11) is 0. The van der Waals surface area contributed by atoms with Gasteiger partial charge in [-0.1, -0.05) is 163 Å². The highest BCUT2D eigenvalue weighted by Gasteiger charge is 2.28. The summed E-state index contributed by atoms with van der Waals surface area (Å²) in [4.78, 5) is 0. The Morgan fingerprint density at radius 2 is 0.762 bits per heavy atom. The molecule has 63 heavy (non-hydrogen) atoms. The fraction of sp³-hybridized carbons (Fsp3) is 0.213. The first-order chi connectivity index (χ1) is 30.2. The van der Waals surface area contributed by atoms with Crippen LogP contribution < -0.4 is 0 Å². The quantitative estimate of drug-likeness (QED) is 0.121. The maximum absolute atomic E-state index is 2.62. The average Bonchev–Trinajstić information content (AvgIpc) is 3.65. The molecule has 2 heterocycles. The highest BCUT2D eigenvalue weighted by molar-refractivity contribution is 6.33. The Morgan fingerprint density at radius 1 is 0.349 bits per heavy atom. The highest BCUT2D eigenvalue weighted by Crippen LogP contribution is 2.48. The summed E-state index contributed by atoms with van der Waals surface area (Å²) < 4.78 is 5.19. The molecule has 0 spiro atoms. The summed E-state index contributed by atoms with van der Waals surface area (Å²) in [6.07, 6.45) is 0. The predicted octanol–water partition coefficient (Wildman–Crippen LogP) is 17.2. The molecule has 0 amide bonds. The van der Waals surface area contributed by atoms with Gasteiger partial charge in [-0.3, -0.25) is 0 Å². The van der Waals surface area contributed by atoms with Gasteiger partial charge in [-0.05, 0) is 129 Å². The minimum absolute atomic E-state index is 0.0358. The molecule has 2 heteroatoms. The van der Waals surface area contributed by atoms with Crippen molar-refractivity contribution in [2.75, 3.05) is 0 Å². The first kappa shape index (κ1) is 39.2. The van der Waals surface area contributed by atoms with Crippen LogP contribution in [0.3, 0.4) is 0 Å². The Labute approximate surface area is 371 Å². The molecule has 0 fully saturated rings. The second-order valence-electron chi connectivity index (χ2n) is 20.3. The third-order valence-electron chi connectivity index (χ3n) is 14.4. The fourth-order valence-corrected chi connectivity index (χ4v) is 11.7. The molecule has 0 aliphatic carbocycles. The van der Waals surface area contributed by atoms with E-state index in [1.807, 2.05) is 0 Å². The molecule has 310 valence electrons. The minimum Gasteiger partial charge on any atom is -0.312 e. The van der Waals surface area contributed by atoms with Crippen molar-refractivity contribution in [2.24, 2.45) is 0 Å². The van der Waals surface area contributed by atoms with Gasteiger partial charge in [-0.25, -0.2) is 0 Å². The molecule has 0 N–H and O–H groups in total. The van der Waals surface area contributed by atoms with E-state index in [4.69, 9.17) is 0 Å². The maximum Gasteiger partial charge on any atom is 0.0615 e. The fourth-order valence-electron chi connectivity index (χ4n) is 11.7. The number of aryl methyl sites for hydroxylation is 3. The first-order valence-electron chi connectivity index (χ1n) is 22.7. The average molecular weight is 817 g/mol. The van der Waals surface area contributed by atoms with Crippen molar-refractivity contribution in [1.29, 1.82) is 0 Å². The zero-order valence-electron chi connectivity index (χ0n) is 38.7. The Balaban J connectivity index is 1.31. The largest absolute Gasteiger partial charge is 0.312 e. The van der Waals surface area contributed by atoms with Gasteiger partial charge >= 0.3 is 0 Å². The zero-order valence-corrected chi connectivity index (χ0v) is 38.7. The molecule has 2 nitrogen and oxygen atoms in total. The van der Waals surface area contributed by atoms with Gasteiger partial charge in [-0.15, -0.1) is 0 Å². The first-order valence-corrected chi connectivity index (χ1v) is 22.7. The Bertz CT molecular complexity index is 3740. The van der Waals surface area contributed by atoms with E-state index in [1.54, 1.807) is 0 Å². The lowest BCUT2D eigenvalue weighted by molar-refractivity contribution is 0.592. The number of nitrogens with zero attached hydrogens (tertiary/aromatic N) is 2. The van der Waals surface area contributed by atoms with E-state index in [0.717, 1.165) is 0 Å². The van der Waals surface area contributed by atoms with Crippen LogP contribution in [0.25, 0.3) is 97.8 Å². The third kappa shape index (κ3) is 5.56. The van der Waals surface area contributed by atoms with Crippen LogP contribution in [0.5, 0.6) is 0 Å². The van der Waals surface area contributed by atoms with Gasteiger partial charge in [0.25, 0.3) is 0 Å². The summed E-state index contributed by atoms with van der Waals surface area (Å²) in [5.74, 6) is 0. The lowest BCUT2D eigenvalue weighted by atomic mass is 9.79. The molecule has 11 rings (SSSR count). The molecular formula is C61H56N2. The summed E-state index contributed by atoms with van der Waals surface area (Å²) in [6, 6.07) is 53.0. The second-order valence-corrected chi connectivity index (χ2v) is 20.3. The second kappa shape index (κ2) is 13.7. The zero-order chi connectivity index (χ0) is 43.9. The Kier molecular flexibility index (Phi) is 8.52. The van der Waals surface area contributed by atoms with Crippen molar-refractivity contribution in [3.63, 3.8) is 0 Å². The summed E-state index contributed by atoms with van der Waals surface area (Å²) in [5, 5.41) is 18.2. The molecule has 0 saturated heterocycles. The minimum atomic E-state index is -0.0601. The molecule has 9 aromatic carbocycles. The van der Waals surface area contributed by atoms with E-state index in [2.05, 4.69) is 225 Å². The Morgan fingerprint density at radius 3 is 1.27 bits per heavy atom. The molecule has 0 radical (unpaired) electrons. The van der Waals surface area contributed by atoms with E-state index in [0.29, 0.717) is 0 Å². The number of hydrogen-bond acceptors (Lipinski definition) is 0. The standard InChI is InChI=1S/C61H56N2/c1-35-21-13-12-14-28-52(42-22-15-16-23-43(42)55(35)60(6,7)8)62-38(4)36(2)50-33-40-30-32-49-54-41(29-31-48(53(40)54)58(50)62)34-51-37(3)39(5)63(59(49)51)57-46-26-19-17-24-44(46)56(61(9,10)11)45-25-18-20-27-47(45)57/h12-34H,1-11H3. The van der Waals surface area contributed by atoms with E-state index in [1.165, 1.54) is 137 Å². The van der Waals surface area contributed by atoms with Crippen LogP contribution in [0.4, 0.5) is 0 Å². The number of rotatable bonds is 2. The van der Waals surface area contributed by atoms with Gasteiger partial charge in [-0.2, -0.15) is 0 Å². The van der Waals surface area contributed by atoms with Gasteiger partial charge in [0, 0.05) is 49.1 Å². The number of aromatic nitrogens is 2. The van der Waals surface area contributed by atoms with Crippen molar-refractivity contribution in [3.05, 3.63) is 179 Å². The van der Waals surface area contributed by atoms with Gasteiger partial charge in [0.15, 0.2) is 0 Å². The molecule has 11 aromatic rings. The number of hydrogen-bond donors (Lipinski definition) is 0. The van der Waals surface area contributed by atoms with Gasteiger partial charge in [0.2, 0.25) is 0 Å². The summed E-state index contributed by atoms with van der Waals surface area (Å²) >= 11 is 0. The van der Waals surface area contributed by atoms with Crippen molar-refractivity contribution < 1.29 is 0 Å². The van der Waals surface area contributed by atoms with Crippen LogP contribution in [0.15, 0.2) is 140 Å². The van der Waals surface area contributed by atoms with Crippen molar-refractivity contribution in [1.82, 2.24) is 9.13 Å². The SMILES string of the molecule is Cc1cccccc(-n2c(C)c(C)c3cc4ccc5c6c(ccc(c46)c32)cc2c(C)c(C)n(-c3c4ccccc4c(C(C)(C)C)c4ccccc34)c25)c2ccccc2c1C(C)(C)C. The van der Waals surface area contributed by atoms with Crippen LogP contribution in [0.2, 0.25) is 0 Å². The van der Waals surface area contributed by atoms with Gasteiger partial charge in [0.05, 0.1) is 22.4 Å². The van der Waals surface area contributed by atoms with E-state index in [9.17, 15) is 0 Å². The third-order valence-corrected chi connectivity index (χ3v) is 14.4. The van der Waals surface area contributed by atoms with Crippen molar-refractivity contribution in [3.8, 4) is 11.4 Å². The summed E-state index contributed by atoms with van der Waals surface area (Å²) in [6.45, 7) is 25.6. The van der Waals surface area contributed by atoms with E-state index in [-0.39, 0.29) is 10.8 Å². The lowest BCUT2D eigenvalue weighted by Crippen LogP contribution is -2.14. The van der Waals surface area contributed by atoms with E-state index >= 15 is 0 Å². The monoisotopic (exact) mass is 816 g/mol. The molecule has 0 aliphatic rings. The smallest absolute Gasteiger partial charge is 0.0615 e. The van der Waals surface area contributed by atoms with Crippen LogP contribution in [0.1, 0.15) is 80.7 Å². The molecule has 0 atom stereocenters. The molecular weight excluding hydrogens is 761 g/mol. The molecule has 0 unspecified atom stereocenters. The lowest BCUT2D eigenvalue weighted by Gasteiger charge is -2.27. The topological polar surface area (TPSA) is 9.86 Å². The van der Waals surface area contributed by atoms with Crippen molar-refractivity contribution in [2.45, 2.75) is 87.0 Å². The van der Waals surface area contributed by atoms with Gasteiger partial charge in [0.1, 0.15) is 0 Å². The number of fused-ring (bicyclic) bond motifs is 7. The van der Waals surface area contributed by atoms with Crippen LogP contribution in [-0.2, 0) is 10.8 Å². The van der Waals surface area contributed by atoms with Crippen LogP contribution in [-0.4, -0.2) is 9.13 Å². The van der Waals surface area contributed by atoms with Gasteiger partial charge < -0.3 is 9.13 Å². The van der Waals surface area contributed by atoms with Crippen LogP contribution in [0, 0.1) is 34.6 Å². The predicted molar refractivity (Wildman–Crippen MR) is 275 cm³/mol. The van der Waals surface area contributed by atoms with Crippen LogP contribution >= 0.6 is 0 Å². The molecule has 0 aliphatic heterocycles. The molecule has 0 bridgehead atoms. The summed E-state index contributed by atoms with van der Waals surface area (Å²) in [5.41, 5.74) is 14.2.